The maximum atomic E-state index is 13.4. The van der Waals surface area contributed by atoms with Gasteiger partial charge in [0.1, 0.15) is 5.01 Å². The number of ether oxygens (including phenoxy) is 1. The van der Waals surface area contributed by atoms with Gasteiger partial charge in [-0.2, -0.15) is 0 Å². The quantitative estimate of drug-likeness (QED) is 0.913. The van der Waals surface area contributed by atoms with E-state index in [0.29, 0.717) is 6.54 Å². The number of hydrogen-bond donors (Lipinski definition) is 1. The van der Waals surface area contributed by atoms with Gasteiger partial charge in [-0.05, 0) is 24.6 Å². The molecule has 0 saturated carbocycles. The number of benzene rings is 1. The van der Waals surface area contributed by atoms with Crippen molar-refractivity contribution in [2.75, 3.05) is 7.11 Å². The fraction of sp³-hybridized carbons (Fsp3) is 0.357. The molecule has 2 aromatic rings. The highest BCUT2D eigenvalue weighted by molar-refractivity contribution is 7.15. The van der Waals surface area contributed by atoms with Gasteiger partial charge in [-0.15, -0.1) is 11.3 Å². The number of halogens is 1. The Bertz CT molecular complexity index is 569. The molecule has 102 valence electrons. The van der Waals surface area contributed by atoms with Crippen molar-refractivity contribution in [3.8, 4) is 16.3 Å². The fourth-order valence-electron chi connectivity index (χ4n) is 1.89. The Morgan fingerprint density at radius 3 is 2.84 bits per heavy atom. The van der Waals surface area contributed by atoms with E-state index in [2.05, 4.69) is 11.9 Å². The van der Waals surface area contributed by atoms with Crippen LogP contribution in [0.1, 0.15) is 23.9 Å². The Morgan fingerprint density at radius 1 is 1.42 bits per heavy atom. The maximum absolute atomic E-state index is 13.4. The highest BCUT2D eigenvalue weighted by atomic mass is 32.1. The Balaban J connectivity index is 2.41. The summed E-state index contributed by atoms with van der Waals surface area (Å²) in [7, 11) is 1.46. The molecule has 1 aromatic heterocycles. The van der Waals surface area contributed by atoms with E-state index in [1.807, 2.05) is 0 Å². The Morgan fingerprint density at radius 2 is 2.21 bits per heavy atom. The molecule has 1 aromatic carbocycles. The predicted molar refractivity (Wildman–Crippen MR) is 75.9 cm³/mol. The summed E-state index contributed by atoms with van der Waals surface area (Å²) in [6.45, 7) is 2.60. The van der Waals surface area contributed by atoms with Crippen molar-refractivity contribution >= 4 is 11.3 Å². The van der Waals surface area contributed by atoms with Gasteiger partial charge in [0.25, 0.3) is 0 Å². The number of nitrogens with two attached hydrogens (primary N) is 1. The van der Waals surface area contributed by atoms with E-state index in [1.54, 1.807) is 23.5 Å². The topological polar surface area (TPSA) is 48.1 Å². The lowest BCUT2D eigenvalue weighted by Crippen LogP contribution is -1.97. The van der Waals surface area contributed by atoms with Crippen molar-refractivity contribution in [3.63, 3.8) is 0 Å². The maximum Gasteiger partial charge on any atom is 0.165 e. The molecular weight excluding hydrogens is 263 g/mol. The average Bonchev–Trinajstić information content (AvgIpc) is 2.83. The fourth-order valence-corrected chi connectivity index (χ4v) is 2.87. The van der Waals surface area contributed by atoms with Crippen molar-refractivity contribution < 1.29 is 9.13 Å². The van der Waals surface area contributed by atoms with Gasteiger partial charge in [0.15, 0.2) is 11.6 Å². The molecule has 0 aliphatic rings. The van der Waals surface area contributed by atoms with Crippen LogP contribution < -0.4 is 10.5 Å². The summed E-state index contributed by atoms with van der Waals surface area (Å²) >= 11 is 1.56. The van der Waals surface area contributed by atoms with Crippen molar-refractivity contribution in [1.82, 2.24) is 4.98 Å². The van der Waals surface area contributed by atoms with Gasteiger partial charge in [0.2, 0.25) is 0 Å². The van der Waals surface area contributed by atoms with Crippen LogP contribution in [0.25, 0.3) is 10.6 Å². The van der Waals surface area contributed by atoms with E-state index in [9.17, 15) is 4.39 Å². The summed E-state index contributed by atoms with van der Waals surface area (Å²) in [5.41, 5.74) is 7.65. The van der Waals surface area contributed by atoms with Crippen LogP contribution in [-0.2, 0) is 13.0 Å². The van der Waals surface area contributed by atoms with Crippen LogP contribution in [0.2, 0.25) is 0 Å². The minimum absolute atomic E-state index is 0.235. The van der Waals surface area contributed by atoms with Gasteiger partial charge in [0, 0.05) is 17.0 Å². The van der Waals surface area contributed by atoms with Crippen molar-refractivity contribution in [2.45, 2.75) is 26.3 Å². The normalized spacial score (nSPS) is 10.7. The third kappa shape index (κ3) is 2.93. The SMILES string of the molecule is CCCc1nc(-c2ccc(F)c(OC)c2)sc1CN. The summed E-state index contributed by atoms with van der Waals surface area (Å²) in [6, 6.07) is 4.79. The van der Waals surface area contributed by atoms with Gasteiger partial charge in [0.05, 0.1) is 12.8 Å². The van der Waals surface area contributed by atoms with E-state index in [0.717, 1.165) is 34.0 Å². The molecule has 0 aliphatic carbocycles. The molecule has 0 atom stereocenters. The summed E-state index contributed by atoms with van der Waals surface area (Å²) in [5.74, 6) is -0.130. The summed E-state index contributed by atoms with van der Waals surface area (Å²) in [6.07, 6.45) is 1.95. The lowest BCUT2D eigenvalue weighted by molar-refractivity contribution is 0.387. The molecule has 0 bridgehead atoms. The number of nitrogens with zero attached hydrogens (tertiary/aromatic N) is 1. The van der Waals surface area contributed by atoms with E-state index in [4.69, 9.17) is 10.5 Å². The van der Waals surface area contributed by atoms with Gasteiger partial charge in [-0.25, -0.2) is 9.37 Å². The van der Waals surface area contributed by atoms with Crippen LogP contribution in [0, 0.1) is 5.82 Å². The second kappa shape index (κ2) is 6.12. The largest absolute Gasteiger partial charge is 0.494 e. The highest BCUT2D eigenvalue weighted by Crippen LogP contribution is 2.31. The molecule has 0 spiro atoms. The number of thiazole rings is 1. The minimum atomic E-state index is -0.365. The Kier molecular flexibility index (Phi) is 4.50. The lowest BCUT2D eigenvalue weighted by Gasteiger charge is -2.03. The van der Waals surface area contributed by atoms with E-state index >= 15 is 0 Å². The monoisotopic (exact) mass is 280 g/mol. The highest BCUT2D eigenvalue weighted by Gasteiger charge is 2.12. The molecule has 1 heterocycles. The second-order valence-electron chi connectivity index (χ2n) is 4.19. The van der Waals surface area contributed by atoms with E-state index in [-0.39, 0.29) is 11.6 Å². The summed E-state index contributed by atoms with van der Waals surface area (Å²) in [4.78, 5) is 5.70. The van der Waals surface area contributed by atoms with Crippen LogP contribution in [0.4, 0.5) is 4.39 Å². The van der Waals surface area contributed by atoms with Crippen LogP contribution in [0.15, 0.2) is 18.2 Å². The smallest absolute Gasteiger partial charge is 0.165 e. The van der Waals surface area contributed by atoms with Gasteiger partial charge >= 0.3 is 0 Å². The van der Waals surface area contributed by atoms with Gasteiger partial charge < -0.3 is 10.5 Å². The molecule has 0 amide bonds. The molecular formula is C14H17FN2OS. The summed E-state index contributed by atoms with van der Waals surface area (Å²) in [5, 5.41) is 0.863. The molecule has 2 N–H and O–H groups in total. The molecule has 0 saturated heterocycles. The number of rotatable bonds is 5. The molecule has 5 heteroatoms. The molecule has 0 fully saturated rings. The first-order valence-corrected chi connectivity index (χ1v) is 7.03. The lowest BCUT2D eigenvalue weighted by atomic mass is 10.2. The van der Waals surface area contributed by atoms with Gasteiger partial charge in [-0.1, -0.05) is 13.3 Å². The van der Waals surface area contributed by atoms with Crippen LogP contribution in [0.5, 0.6) is 5.75 Å². The molecule has 0 unspecified atom stereocenters. The number of aromatic nitrogens is 1. The van der Waals surface area contributed by atoms with Crippen LogP contribution in [-0.4, -0.2) is 12.1 Å². The van der Waals surface area contributed by atoms with Crippen LogP contribution >= 0.6 is 11.3 Å². The zero-order chi connectivity index (χ0) is 13.8. The van der Waals surface area contributed by atoms with Crippen molar-refractivity contribution in [1.29, 1.82) is 0 Å². The predicted octanol–water partition coefficient (Wildman–Crippen LogP) is 3.37. The number of hydrogen-bond acceptors (Lipinski definition) is 4. The average molecular weight is 280 g/mol. The second-order valence-corrected chi connectivity index (χ2v) is 5.28. The molecule has 0 aliphatic heterocycles. The summed E-state index contributed by atoms with van der Waals surface area (Å²) < 4.78 is 18.4. The third-order valence-electron chi connectivity index (χ3n) is 2.85. The Labute approximate surface area is 116 Å². The molecule has 2 rings (SSSR count). The first kappa shape index (κ1) is 14.0. The van der Waals surface area contributed by atoms with Crippen LogP contribution in [0.3, 0.4) is 0 Å². The molecule has 3 nitrogen and oxygen atoms in total. The molecule has 19 heavy (non-hydrogen) atoms. The van der Waals surface area contributed by atoms with Crippen molar-refractivity contribution in [2.24, 2.45) is 5.73 Å². The number of aryl methyl sites for hydroxylation is 1. The zero-order valence-electron chi connectivity index (χ0n) is 11.1. The third-order valence-corrected chi connectivity index (χ3v) is 4.02. The van der Waals surface area contributed by atoms with E-state index < -0.39 is 0 Å². The zero-order valence-corrected chi connectivity index (χ0v) is 11.9. The number of methoxy groups -OCH3 is 1. The van der Waals surface area contributed by atoms with E-state index in [1.165, 1.54) is 13.2 Å². The minimum Gasteiger partial charge on any atom is -0.494 e. The molecule has 0 radical (unpaired) electrons. The standard InChI is InChI=1S/C14H17FN2OS/c1-3-4-11-13(8-16)19-14(17-11)9-5-6-10(15)12(7-9)18-2/h5-7H,3-4,8,16H2,1-2H3. The van der Waals surface area contributed by atoms with Gasteiger partial charge in [-0.3, -0.25) is 0 Å². The first-order chi connectivity index (χ1) is 9.19. The first-order valence-electron chi connectivity index (χ1n) is 6.22. The van der Waals surface area contributed by atoms with Crippen molar-refractivity contribution in [3.05, 3.63) is 34.6 Å². The Hall–Kier alpha value is -1.46.